The van der Waals surface area contributed by atoms with Gasteiger partial charge in [-0.2, -0.15) is 5.10 Å². The number of nitrogens with zero attached hydrogens (tertiary/aromatic N) is 3. The van der Waals surface area contributed by atoms with E-state index >= 15 is 0 Å². The monoisotopic (exact) mass is 475 g/mol. The van der Waals surface area contributed by atoms with Crippen LogP contribution in [0.15, 0.2) is 29.4 Å². The number of nitrogens with one attached hydrogen (secondary N) is 2. The summed E-state index contributed by atoms with van der Waals surface area (Å²) < 4.78 is 23.5. The van der Waals surface area contributed by atoms with Crippen LogP contribution in [0.25, 0.3) is 0 Å². The summed E-state index contributed by atoms with van der Waals surface area (Å²) in [6.07, 6.45) is 4.97. The highest BCUT2D eigenvalue weighted by atomic mass is 32.2. The first-order valence-corrected chi connectivity index (χ1v) is 13.2. The van der Waals surface area contributed by atoms with Crippen LogP contribution < -0.4 is 10.6 Å². The molecular weight excluding hydrogens is 446 g/mol. The largest absolute Gasteiger partial charge is 0.325 e. The van der Waals surface area contributed by atoms with Crippen molar-refractivity contribution in [1.29, 1.82) is 0 Å². The molecule has 2 saturated heterocycles. The molecule has 1 atom stereocenters. The summed E-state index contributed by atoms with van der Waals surface area (Å²) >= 11 is 0. The first kappa shape index (κ1) is 23.2. The van der Waals surface area contributed by atoms with Crippen molar-refractivity contribution in [1.82, 2.24) is 9.91 Å². The fraction of sp³-hybridized carbons (Fsp3) is 0.545. The van der Waals surface area contributed by atoms with Crippen LogP contribution in [0.2, 0.25) is 0 Å². The van der Waals surface area contributed by atoms with Gasteiger partial charge in [-0.15, -0.1) is 0 Å². The van der Waals surface area contributed by atoms with Gasteiger partial charge in [0.1, 0.15) is 5.71 Å². The fourth-order valence-electron chi connectivity index (χ4n) is 4.30. The Kier molecular flexibility index (Phi) is 6.96. The Morgan fingerprint density at radius 1 is 0.939 bits per heavy atom. The maximum atomic E-state index is 12.7. The highest BCUT2D eigenvalue weighted by Crippen LogP contribution is 2.23. The second-order valence-corrected chi connectivity index (χ2v) is 10.9. The summed E-state index contributed by atoms with van der Waals surface area (Å²) in [5, 5.41) is 11.0. The summed E-state index contributed by atoms with van der Waals surface area (Å²) in [6, 6.07) is 6.17. The van der Waals surface area contributed by atoms with Crippen LogP contribution in [0.4, 0.5) is 16.2 Å². The number of benzene rings is 1. The van der Waals surface area contributed by atoms with Crippen molar-refractivity contribution >= 4 is 44.8 Å². The Bertz CT molecular complexity index is 1050. The number of hydrazone groups is 1. The maximum Gasteiger partial charge on any atom is 0.321 e. The Hall–Kier alpha value is -2.95. The zero-order valence-corrected chi connectivity index (χ0v) is 19.3. The molecule has 0 aliphatic carbocycles. The molecule has 0 bridgehead atoms. The van der Waals surface area contributed by atoms with Gasteiger partial charge < -0.3 is 15.5 Å². The molecule has 4 amide bonds. The molecular formula is C22H29N5O5S. The topological polar surface area (TPSA) is 128 Å². The number of hydrogen-bond donors (Lipinski definition) is 2. The number of amides is 4. The van der Waals surface area contributed by atoms with Gasteiger partial charge in [-0.3, -0.25) is 9.59 Å². The quantitative estimate of drug-likeness (QED) is 0.690. The van der Waals surface area contributed by atoms with Gasteiger partial charge in [-0.1, -0.05) is 12.8 Å². The Morgan fingerprint density at radius 3 is 2.18 bits per heavy atom. The normalized spacial score (nSPS) is 23.0. The van der Waals surface area contributed by atoms with E-state index in [1.165, 1.54) is 5.01 Å². The number of urea groups is 1. The van der Waals surface area contributed by atoms with E-state index in [0.717, 1.165) is 38.8 Å². The van der Waals surface area contributed by atoms with E-state index in [2.05, 4.69) is 15.7 Å². The van der Waals surface area contributed by atoms with E-state index in [-0.39, 0.29) is 42.0 Å². The first-order chi connectivity index (χ1) is 15.8. The van der Waals surface area contributed by atoms with E-state index in [0.29, 0.717) is 17.8 Å². The zero-order chi connectivity index (χ0) is 23.4. The van der Waals surface area contributed by atoms with E-state index < -0.39 is 21.8 Å². The molecule has 0 spiro atoms. The minimum absolute atomic E-state index is 0.0269. The van der Waals surface area contributed by atoms with Gasteiger partial charge >= 0.3 is 6.03 Å². The molecule has 2 N–H and O–H groups in total. The summed E-state index contributed by atoms with van der Waals surface area (Å²) in [7, 11) is -3.17. The van der Waals surface area contributed by atoms with Gasteiger partial charge in [0.25, 0.3) is 5.91 Å². The van der Waals surface area contributed by atoms with Crippen molar-refractivity contribution in [3.8, 4) is 0 Å². The molecule has 0 saturated carbocycles. The molecule has 10 nitrogen and oxygen atoms in total. The Balaban J connectivity index is 1.35. The van der Waals surface area contributed by atoms with Crippen LogP contribution in [0, 0.1) is 0 Å². The summed E-state index contributed by atoms with van der Waals surface area (Å²) in [5.41, 5.74) is 1.36. The standard InChI is InChI=1S/C22H29N5O5S/c28-20-10-9-19(25-27(20)18-11-14-33(31,32)15-18)21(29)23-16-5-7-17(8-6-16)24-22(30)26-12-3-1-2-4-13-26/h5-8,18H,1-4,9-15H2,(H,23,29)(H,24,30)/t18-/m1/s1. The molecule has 2 fully saturated rings. The Labute approximate surface area is 193 Å². The number of anilines is 2. The number of hydrogen-bond acceptors (Lipinski definition) is 6. The molecule has 3 heterocycles. The minimum Gasteiger partial charge on any atom is -0.325 e. The van der Waals surface area contributed by atoms with Crippen LogP contribution in [0.5, 0.6) is 0 Å². The van der Waals surface area contributed by atoms with Crippen molar-refractivity contribution in [3.05, 3.63) is 24.3 Å². The molecule has 4 rings (SSSR count). The number of likely N-dealkylation sites (tertiary alicyclic amines) is 1. The van der Waals surface area contributed by atoms with E-state index in [1.807, 2.05) is 4.90 Å². The van der Waals surface area contributed by atoms with Crippen LogP contribution in [0.3, 0.4) is 0 Å². The van der Waals surface area contributed by atoms with E-state index in [4.69, 9.17) is 0 Å². The van der Waals surface area contributed by atoms with Crippen molar-refractivity contribution in [3.63, 3.8) is 0 Å². The lowest BCUT2D eigenvalue weighted by molar-refractivity contribution is -0.133. The number of rotatable bonds is 4. The van der Waals surface area contributed by atoms with Crippen molar-refractivity contribution < 1.29 is 22.8 Å². The van der Waals surface area contributed by atoms with Gasteiger partial charge in [0.2, 0.25) is 5.91 Å². The predicted molar refractivity (Wildman–Crippen MR) is 125 cm³/mol. The molecule has 0 aromatic heterocycles. The first-order valence-electron chi connectivity index (χ1n) is 11.4. The third kappa shape index (κ3) is 5.89. The third-order valence-corrected chi connectivity index (χ3v) is 7.91. The fourth-order valence-corrected chi connectivity index (χ4v) is 6.00. The van der Waals surface area contributed by atoms with Crippen molar-refractivity contribution in [2.45, 2.75) is 51.0 Å². The molecule has 11 heteroatoms. The van der Waals surface area contributed by atoms with Crippen LogP contribution in [-0.2, 0) is 19.4 Å². The molecule has 0 unspecified atom stereocenters. The van der Waals surface area contributed by atoms with Crippen LogP contribution in [0.1, 0.15) is 44.9 Å². The molecule has 3 aliphatic rings. The van der Waals surface area contributed by atoms with Gasteiger partial charge in [0, 0.05) is 37.3 Å². The Morgan fingerprint density at radius 2 is 1.58 bits per heavy atom. The molecule has 3 aliphatic heterocycles. The molecule has 0 radical (unpaired) electrons. The average Bonchev–Trinajstić information content (AvgIpc) is 2.98. The SMILES string of the molecule is O=C(Nc1ccc(NC(=O)N2CCCCCC2)cc1)C1=NN([C@@H]2CCS(=O)(=O)C2)C(=O)CC1. The highest BCUT2D eigenvalue weighted by molar-refractivity contribution is 7.91. The van der Waals surface area contributed by atoms with Crippen LogP contribution >= 0.6 is 0 Å². The second kappa shape index (κ2) is 9.90. The van der Waals surface area contributed by atoms with Crippen LogP contribution in [-0.4, -0.2) is 72.5 Å². The van der Waals surface area contributed by atoms with E-state index in [9.17, 15) is 22.8 Å². The molecule has 33 heavy (non-hydrogen) atoms. The maximum absolute atomic E-state index is 12.7. The lowest BCUT2D eigenvalue weighted by Gasteiger charge is -2.27. The van der Waals surface area contributed by atoms with E-state index in [1.54, 1.807) is 24.3 Å². The lowest BCUT2D eigenvalue weighted by Crippen LogP contribution is -2.42. The van der Waals surface area contributed by atoms with Crippen molar-refractivity contribution in [2.75, 3.05) is 35.2 Å². The second-order valence-electron chi connectivity index (χ2n) is 8.70. The predicted octanol–water partition coefficient (Wildman–Crippen LogP) is 2.20. The highest BCUT2D eigenvalue weighted by Gasteiger charge is 2.37. The third-order valence-electron chi connectivity index (χ3n) is 6.16. The van der Waals surface area contributed by atoms with Gasteiger partial charge in [0.15, 0.2) is 9.84 Å². The summed E-state index contributed by atoms with van der Waals surface area (Å²) in [6.45, 7) is 1.52. The summed E-state index contributed by atoms with van der Waals surface area (Å²) in [4.78, 5) is 39.2. The van der Waals surface area contributed by atoms with Crippen molar-refractivity contribution in [2.24, 2.45) is 5.10 Å². The smallest absolute Gasteiger partial charge is 0.321 e. The average molecular weight is 476 g/mol. The number of carbonyl (C=O) groups excluding carboxylic acids is 3. The van der Waals surface area contributed by atoms with Gasteiger partial charge in [-0.05, 0) is 43.5 Å². The van der Waals surface area contributed by atoms with Gasteiger partial charge in [0.05, 0.1) is 17.5 Å². The minimum atomic E-state index is -3.17. The molecule has 1 aromatic rings. The molecule has 1 aromatic carbocycles. The van der Waals surface area contributed by atoms with Gasteiger partial charge in [-0.25, -0.2) is 18.2 Å². The summed E-state index contributed by atoms with van der Waals surface area (Å²) in [5.74, 6) is -0.797. The molecule has 178 valence electrons. The lowest BCUT2D eigenvalue weighted by atomic mass is 10.1. The zero-order valence-electron chi connectivity index (χ0n) is 18.5. The number of carbonyl (C=O) groups is 3. The number of sulfone groups is 1.